The van der Waals surface area contributed by atoms with Crippen LogP contribution in [0.4, 0.5) is 0 Å². The van der Waals surface area contributed by atoms with Crippen molar-refractivity contribution < 1.29 is 18.9 Å². The van der Waals surface area contributed by atoms with Gasteiger partial charge in [0.1, 0.15) is 11.5 Å². The Morgan fingerprint density at radius 1 is 0.840 bits per heavy atom. The fraction of sp³-hybridized carbons (Fsp3) is 0.125. The Bertz CT molecular complexity index is 736. The highest BCUT2D eigenvalue weighted by Crippen LogP contribution is 2.24. The number of carbonyl (C=O) groups is 2. The van der Waals surface area contributed by atoms with Crippen LogP contribution in [-0.4, -0.2) is 33.6 Å². The van der Waals surface area contributed by atoms with Crippen molar-refractivity contribution >= 4 is 42.7 Å². The highest BCUT2D eigenvalue weighted by atomic mass is 35.5. The van der Waals surface area contributed by atoms with Crippen LogP contribution in [-0.2, 0) is 0 Å². The minimum absolute atomic E-state index is 0.253. The van der Waals surface area contributed by atoms with Crippen LogP contribution in [0, 0.1) is 0 Å². The first kappa shape index (κ1) is 19.0. The average Bonchev–Trinajstić information content (AvgIpc) is 2.60. The van der Waals surface area contributed by atoms with E-state index in [1.165, 1.54) is 26.2 Å². The molecular weight excluding hydrogens is 366 g/mol. The van der Waals surface area contributed by atoms with E-state index in [9.17, 15) is 9.59 Å². The van der Waals surface area contributed by atoms with Crippen LogP contribution in [0.1, 0.15) is 20.7 Å². The van der Waals surface area contributed by atoms with Gasteiger partial charge in [-0.05, 0) is 36.4 Å². The minimum Gasteiger partial charge on any atom is -0.526 e. The topological polar surface area (TPSA) is 76.7 Å². The summed E-state index contributed by atoms with van der Waals surface area (Å²) >= 11 is 12.1. The monoisotopic (exact) mass is 379 g/mol. The lowest BCUT2D eigenvalue weighted by atomic mass is 10.2. The van der Waals surface area contributed by atoms with Crippen LogP contribution < -0.4 is 19.9 Å². The van der Waals surface area contributed by atoms with E-state index in [2.05, 4.69) is 10.6 Å². The molecule has 2 aromatic carbocycles. The normalized spacial score (nSPS) is 9.92. The van der Waals surface area contributed by atoms with Gasteiger partial charge in [0, 0.05) is 14.1 Å². The first-order valence-electron chi connectivity index (χ1n) is 7.14. The molecule has 0 aromatic heterocycles. The van der Waals surface area contributed by atoms with Crippen LogP contribution in [0.5, 0.6) is 11.5 Å². The lowest BCUT2D eigenvalue weighted by Gasteiger charge is -2.10. The zero-order valence-corrected chi connectivity index (χ0v) is 14.9. The molecule has 0 fully saturated rings. The Hall–Kier alpha value is -2.38. The van der Waals surface area contributed by atoms with Crippen molar-refractivity contribution in [3.05, 3.63) is 57.6 Å². The quantitative estimate of drug-likeness (QED) is 0.756. The summed E-state index contributed by atoms with van der Waals surface area (Å²) in [4.78, 5) is 23.1. The summed E-state index contributed by atoms with van der Waals surface area (Å²) in [6, 6.07) is 9.23. The SMILES string of the molecule is CNC(=O)c1ccc(O[B]Oc2ccc(C(=O)NC)c(Cl)c2)cc1Cl. The molecule has 25 heavy (non-hydrogen) atoms. The third-order valence-electron chi connectivity index (χ3n) is 3.19. The van der Waals surface area contributed by atoms with Crippen LogP contribution in [0.2, 0.25) is 10.0 Å². The van der Waals surface area contributed by atoms with Crippen molar-refractivity contribution in [2.75, 3.05) is 14.1 Å². The molecule has 0 saturated carbocycles. The Morgan fingerprint density at radius 3 is 1.56 bits per heavy atom. The number of nitrogens with one attached hydrogen (secondary N) is 2. The van der Waals surface area contributed by atoms with Crippen molar-refractivity contribution in [3.8, 4) is 11.5 Å². The second-order valence-corrected chi connectivity index (χ2v) is 5.59. The van der Waals surface area contributed by atoms with Gasteiger partial charge in [0.2, 0.25) is 0 Å². The van der Waals surface area contributed by atoms with Crippen molar-refractivity contribution in [1.29, 1.82) is 0 Å². The molecule has 0 atom stereocenters. The van der Waals surface area contributed by atoms with Gasteiger partial charge in [-0.3, -0.25) is 9.59 Å². The van der Waals surface area contributed by atoms with E-state index in [-0.39, 0.29) is 21.9 Å². The number of halogens is 2. The average molecular weight is 380 g/mol. The molecule has 0 aliphatic rings. The van der Waals surface area contributed by atoms with E-state index < -0.39 is 0 Å². The zero-order chi connectivity index (χ0) is 18.4. The van der Waals surface area contributed by atoms with Gasteiger partial charge in [0.25, 0.3) is 11.8 Å². The Morgan fingerprint density at radius 2 is 1.24 bits per heavy atom. The van der Waals surface area contributed by atoms with Crippen molar-refractivity contribution in [2.24, 2.45) is 0 Å². The number of carbonyl (C=O) groups excluding carboxylic acids is 2. The molecule has 0 bridgehead atoms. The van der Waals surface area contributed by atoms with E-state index in [4.69, 9.17) is 32.5 Å². The fourth-order valence-corrected chi connectivity index (χ4v) is 2.42. The number of benzene rings is 2. The van der Waals surface area contributed by atoms with Gasteiger partial charge in [0.05, 0.1) is 21.2 Å². The summed E-state index contributed by atoms with van der Waals surface area (Å²) < 4.78 is 10.6. The number of hydrogen-bond acceptors (Lipinski definition) is 4. The zero-order valence-electron chi connectivity index (χ0n) is 13.4. The molecule has 9 heteroatoms. The van der Waals surface area contributed by atoms with Gasteiger partial charge in [-0.15, -0.1) is 0 Å². The largest absolute Gasteiger partial charge is 0.658 e. The van der Waals surface area contributed by atoms with Gasteiger partial charge >= 0.3 is 7.69 Å². The predicted molar refractivity (Wildman–Crippen MR) is 96.7 cm³/mol. The van der Waals surface area contributed by atoms with E-state index >= 15 is 0 Å². The van der Waals surface area contributed by atoms with Gasteiger partial charge in [-0.2, -0.15) is 0 Å². The summed E-state index contributed by atoms with van der Waals surface area (Å²) in [6.45, 7) is 0. The summed E-state index contributed by atoms with van der Waals surface area (Å²) in [6.07, 6.45) is 0. The van der Waals surface area contributed by atoms with E-state index in [1.807, 2.05) is 0 Å². The minimum atomic E-state index is -0.289. The molecule has 6 nitrogen and oxygen atoms in total. The standard InChI is InChI=1S/C16H14BCl2N2O4/c1-20-15(22)11-5-3-9(7-13(11)18)24-17-25-10-4-6-12(14(19)8-10)16(23)21-2/h3-8H,1-2H3,(H,20,22)(H,21,23). The predicted octanol–water partition coefficient (Wildman–Crippen LogP) is 2.70. The van der Waals surface area contributed by atoms with Crippen LogP contribution in [0.25, 0.3) is 0 Å². The molecule has 0 aliphatic carbocycles. The maximum absolute atomic E-state index is 11.6. The lowest BCUT2D eigenvalue weighted by molar-refractivity contribution is 0.0955. The van der Waals surface area contributed by atoms with Gasteiger partial charge in [-0.1, -0.05) is 23.2 Å². The molecule has 2 amide bonds. The van der Waals surface area contributed by atoms with E-state index in [0.717, 1.165) is 7.69 Å². The van der Waals surface area contributed by atoms with Gasteiger partial charge in [-0.25, -0.2) is 0 Å². The molecule has 0 spiro atoms. The summed E-state index contributed by atoms with van der Waals surface area (Å²) in [5.74, 6) is 0.210. The first-order chi connectivity index (χ1) is 12.0. The maximum atomic E-state index is 11.6. The summed E-state index contributed by atoms with van der Waals surface area (Å²) in [5.41, 5.74) is 0.683. The number of amides is 2. The van der Waals surface area contributed by atoms with Crippen molar-refractivity contribution in [1.82, 2.24) is 10.6 Å². The lowest BCUT2D eigenvalue weighted by Crippen LogP contribution is -2.18. The Labute approximate surface area is 155 Å². The smallest absolute Gasteiger partial charge is 0.526 e. The molecule has 2 aromatic rings. The third kappa shape index (κ3) is 4.81. The highest BCUT2D eigenvalue weighted by Gasteiger charge is 2.12. The van der Waals surface area contributed by atoms with Crippen molar-refractivity contribution in [2.45, 2.75) is 0 Å². The van der Waals surface area contributed by atoms with Crippen LogP contribution in [0.15, 0.2) is 36.4 Å². The van der Waals surface area contributed by atoms with E-state index in [0.29, 0.717) is 22.6 Å². The molecule has 1 radical (unpaired) electrons. The second kappa shape index (κ2) is 8.64. The molecule has 129 valence electrons. The van der Waals surface area contributed by atoms with Gasteiger partial charge in [0.15, 0.2) is 0 Å². The van der Waals surface area contributed by atoms with E-state index in [1.54, 1.807) is 24.3 Å². The molecule has 0 aliphatic heterocycles. The highest BCUT2D eigenvalue weighted by molar-refractivity contribution is 6.34. The molecule has 2 rings (SSSR count). The molecular formula is C16H14BCl2N2O4. The number of hydrogen-bond donors (Lipinski definition) is 2. The fourth-order valence-electron chi connectivity index (χ4n) is 1.91. The third-order valence-corrected chi connectivity index (χ3v) is 3.82. The molecule has 0 saturated heterocycles. The first-order valence-corrected chi connectivity index (χ1v) is 7.90. The van der Waals surface area contributed by atoms with Crippen LogP contribution >= 0.6 is 23.2 Å². The molecule has 2 N–H and O–H groups in total. The molecule has 0 unspecified atom stereocenters. The number of rotatable bonds is 6. The Kier molecular flexibility index (Phi) is 6.55. The van der Waals surface area contributed by atoms with Crippen LogP contribution in [0.3, 0.4) is 0 Å². The summed E-state index contributed by atoms with van der Waals surface area (Å²) in [5, 5.41) is 5.49. The summed E-state index contributed by atoms with van der Waals surface area (Å²) in [7, 11) is 4.13. The second-order valence-electron chi connectivity index (χ2n) is 4.77. The van der Waals surface area contributed by atoms with Gasteiger partial charge < -0.3 is 19.9 Å². The maximum Gasteiger partial charge on any atom is 0.658 e. The Balaban J connectivity index is 1.97. The molecule has 0 heterocycles. The van der Waals surface area contributed by atoms with Crippen molar-refractivity contribution in [3.63, 3.8) is 0 Å².